The normalized spacial score (nSPS) is 26.6. The summed E-state index contributed by atoms with van der Waals surface area (Å²) in [4.78, 5) is 40.8. The van der Waals surface area contributed by atoms with Crippen LogP contribution in [0.3, 0.4) is 0 Å². The van der Waals surface area contributed by atoms with E-state index < -0.39 is 53.3 Å². The van der Waals surface area contributed by atoms with Crippen molar-refractivity contribution in [3.63, 3.8) is 0 Å². The maximum absolute atomic E-state index is 13.0. The summed E-state index contributed by atoms with van der Waals surface area (Å²) >= 11 is 0. The van der Waals surface area contributed by atoms with Gasteiger partial charge >= 0.3 is 11.9 Å². The molecular formula is C23H33NO6. The van der Waals surface area contributed by atoms with E-state index in [4.69, 9.17) is 9.47 Å². The van der Waals surface area contributed by atoms with Crippen molar-refractivity contribution in [2.24, 2.45) is 11.8 Å². The van der Waals surface area contributed by atoms with Crippen molar-refractivity contribution in [3.8, 4) is 0 Å². The number of ketones is 1. The minimum absolute atomic E-state index is 0.324. The van der Waals surface area contributed by atoms with Gasteiger partial charge in [-0.2, -0.15) is 0 Å². The predicted octanol–water partition coefficient (Wildman–Crippen LogP) is 2.70. The number of nitrogens with zero attached hydrogens (tertiary/aromatic N) is 1. The van der Waals surface area contributed by atoms with Crippen molar-refractivity contribution in [1.29, 1.82) is 0 Å². The first kappa shape index (κ1) is 23.9. The number of benzene rings is 1. The maximum Gasteiger partial charge on any atom is 0.317 e. The molecule has 0 aromatic heterocycles. The van der Waals surface area contributed by atoms with Crippen LogP contribution in [0.5, 0.6) is 0 Å². The third-order valence-corrected chi connectivity index (χ3v) is 5.27. The van der Waals surface area contributed by atoms with Gasteiger partial charge in [0.1, 0.15) is 5.92 Å². The van der Waals surface area contributed by atoms with Gasteiger partial charge in [0, 0.05) is 32.1 Å². The Morgan fingerprint density at radius 3 is 2.00 bits per heavy atom. The predicted molar refractivity (Wildman–Crippen MR) is 113 cm³/mol. The lowest BCUT2D eigenvalue weighted by Gasteiger charge is -2.44. The Morgan fingerprint density at radius 1 is 1.03 bits per heavy atom. The molecule has 4 atom stereocenters. The number of esters is 2. The van der Waals surface area contributed by atoms with E-state index in [0.717, 1.165) is 5.69 Å². The Bertz CT molecular complexity index is 773. The number of hydrogen-bond donors (Lipinski definition) is 1. The third kappa shape index (κ3) is 5.19. The highest BCUT2D eigenvalue weighted by atomic mass is 16.5. The molecule has 0 saturated heterocycles. The third-order valence-electron chi connectivity index (χ3n) is 5.27. The maximum atomic E-state index is 13.0. The largest absolute Gasteiger partial charge is 0.463 e. The van der Waals surface area contributed by atoms with Gasteiger partial charge < -0.3 is 19.5 Å². The van der Waals surface area contributed by atoms with Gasteiger partial charge in [0.05, 0.1) is 23.7 Å². The number of ether oxygens (including phenoxy) is 2. The molecule has 1 aromatic rings. The molecule has 0 unspecified atom stereocenters. The van der Waals surface area contributed by atoms with Crippen molar-refractivity contribution in [2.45, 2.75) is 64.8 Å². The van der Waals surface area contributed by atoms with Crippen LogP contribution in [0.1, 0.15) is 52.5 Å². The highest BCUT2D eigenvalue weighted by Crippen LogP contribution is 2.47. The first-order valence-corrected chi connectivity index (χ1v) is 10.3. The van der Waals surface area contributed by atoms with Crippen molar-refractivity contribution in [3.05, 3.63) is 29.8 Å². The zero-order valence-electron chi connectivity index (χ0n) is 18.8. The number of anilines is 1. The van der Waals surface area contributed by atoms with Gasteiger partial charge in [-0.3, -0.25) is 14.4 Å². The van der Waals surface area contributed by atoms with Crippen LogP contribution < -0.4 is 4.90 Å². The number of carbonyl (C=O) groups excluding carboxylic acids is 3. The second-order valence-electron chi connectivity index (χ2n) is 8.94. The van der Waals surface area contributed by atoms with Gasteiger partial charge in [-0.05, 0) is 52.3 Å². The average molecular weight is 420 g/mol. The molecule has 1 aromatic carbocycles. The van der Waals surface area contributed by atoms with Crippen molar-refractivity contribution in [1.82, 2.24) is 0 Å². The van der Waals surface area contributed by atoms with Gasteiger partial charge in [-0.15, -0.1) is 0 Å². The molecule has 1 aliphatic carbocycles. The van der Waals surface area contributed by atoms with Gasteiger partial charge in [0.25, 0.3) is 0 Å². The Morgan fingerprint density at radius 2 is 1.53 bits per heavy atom. The van der Waals surface area contributed by atoms with Crippen LogP contribution in [-0.4, -0.2) is 54.7 Å². The topological polar surface area (TPSA) is 93.1 Å². The molecule has 1 fully saturated rings. The van der Waals surface area contributed by atoms with E-state index in [9.17, 15) is 19.5 Å². The lowest BCUT2D eigenvalue weighted by Crippen LogP contribution is -2.55. The molecule has 0 radical (unpaired) electrons. The van der Waals surface area contributed by atoms with Gasteiger partial charge in [0.2, 0.25) is 0 Å². The zero-order chi connectivity index (χ0) is 22.8. The second-order valence-corrected chi connectivity index (χ2v) is 8.94. The van der Waals surface area contributed by atoms with Crippen molar-refractivity contribution < 1.29 is 29.0 Å². The summed E-state index contributed by atoms with van der Waals surface area (Å²) < 4.78 is 10.8. The summed E-state index contributed by atoms with van der Waals surface area (Å²) in [7, 11) is 3.80. The number of rotatable bonds is 6. The van der Waals surface area contributed by atoms with Crippen LogP contribution in [0.4, 0.5) is 5.69 Å². The van der Waals surface area contributed by atoms with E-state index in [0.29, 0.717) is 5.56 Å². The van der Waals surface area contributed by atoms with Gasteiger partial charge in [-0.1, -0.05) is 12.1 Å². The summed E-state index contributed by atoms with van der Waals surface area (Å²) in [6.45, 7) is 8.28. The summed E-state index contributed by atoms with van der Waals surface area (Å²) in [6.07, 6.45) is -1.14. The fraction of sp³-hybridized carbons (Fsp3) is 0.609. The fourth-order valence-corrected chi connectivity index (χ4v) is 4.02. The Kier molecular flexibility index (Phi) is 7.29. The van der Waals surface area contributed by atoms with E-state index in [1.165, 1.54) is 6.92 Å². The van der Waals surface area contributed by atoms with Crippen LogP contribution in [0.15, 0.2) is 24.3 Å². The summed E-state index contributed by atoms with van der Waals surface area (Å²) in [5, 5.41) is 11.1. The first-order chi connectivity index (χ1) is 13.8. The number of aliphatic hydroxyl groups is 1. The molecule has 0 bridgehead atoms. The highest BCUT2D eigenvalue weighted by Gasteiger charge is 2.57. The quantitative estimate of drug-likeness (QED) is 0.560. The monoisotopic (exact) mass is 419 g/mol. The molecular weight excluding hydrogens is 386 g/mol. The molecule has 7 heteroatoms. The molecule has 166 valence electrons. The first-order valence-electron chi connectivity index (χ1n) is 10.3. The Balaban J connectivity index is 2.61. The number of hydrogen-bond acceptors (Lipinski definition) is 7. The average Bonchev–Trinajstić information content (AvgIpc) is 2.58. The van der Waals surface area contributed by atoms with E-state index in [1.807, 2.05) is 31.1 Å². The molecule has 0 amide bonds. The van der Waals surface area contributed by atoms with Crippen LogP contribution in [0, 0.1) is 11.8 Å². The molecule has 0 spiro atoms. The minimum Gasteiger partial charge on any atom is -0.463 e. The van der Waals surface area contributed by atoms with E-state index in [2.05, 4.69) is 0 Å². The molecule has 30 heavy (non-hydrogen) atoms. The van der Waals surface area contributed by atoms with Crippen molar-refractivity contribution in [2.75, 3.05) is 19.0 Å². The standard InChI is InChI=1S/C23H33NO6/c1-13(2)29-21(26)19-17(25)12-23(5,28)20(22(27)30-14(3)4)18(19)15-8-10-16(11-9-15)24(6)7/h8-11,13-14,18-20,28H,12H2,1-7H3/t18-,19+,20+,23-/m1/s1. The molecule has 1 aliphatic rings. The minimum atomic E-state index is -1.65. The molecule has 2 rings (SSSR count). The summed E-state index contributed by atoms with van der Waals surface area (Å²) in [5.74, 6) is -4.94. The van der Waals surface area contributed by atoms with Crippen LogP contribution in [-0.2, 0) is 23.9 Å². The van der Waals surface area contributed by atoms with Gasteiger partial charge in [0.15, 0.2) is 5.78 Å². The van der Waals surface area contributed by atoms with Crippen LogP contribution in [0.2, 0.25) is 0 Å². The Labute approximate surface area is 178 Å². The lowest BCUT2D eigenvalue weighted by molar-refractivity contribution is -0.176. The fourth-order valence-electron chi connectivity index (χ4n) is 4.02. The van der Waals surface area contributed by atoms with E-state index in [-0.39, 0.29) is 6.42 Å². The van der Waals surface area contributed by atoms with Crippen molar-refractivity contribution >= 4 is 23.4 Å². The number of Topliss-reactive ketones (excluding diaryl/α,β-unsaturated/α-hetero) is 1. The van der Waals surface area contributed by atoms with Gasteiger partial charge in [-0.25, -0.2) is 0 Å². The summed E-state index contributed by atoms with van der Waals surface area (Å²) in [5.41, 5.74) is -0.122. The van der Waals surface area contributed by atoms with E-state index in [1.54, 1.807) is 39.8 Å². The number of carbonyl (C=O) groups is 3. The molecule has 0 aliphatic heterocycles. The van der Waals surface area contributed by atoms with E-state index >= 15 is 0 Å². The molecule has 1 saturated carbocycles. The summed E-state index contributed by atoms with van der Waals surface area (Å²) in [6, 6.07) is 7.25. The lowest BCUT2D eigenvalue weighted by atomic mass is 9.61. The molecule has 7 nitrogen and oxygen atoms in total. The van der Waals surface area contributed by atoms with Crippen LogP contribution in [0.25, 0.3) is 0 Å². The molecule has 1 N–H and O–H groups in total. The smallest absolute Gasteiger partial charge is 0.317 e. The van der Waals surface area contributed by atoms with Crippen LogP contribution >= 0.6 is 0 Å². The highest BCUT2D eigenvalue weighted by molar-refractivity contribution is 6.02. The zero-order valence-corrected chi connectivity index (χ0v) is 18.8. The SMILES string of the molecule is CC(C)OC(=O)[C@H]1C(=O)C[C@@](C)(O)[C@H](C(=O)OC(C)C)[C@@H]1c1ccc(N(C)C)cc1. The Hall–Kier alpha value is -2.41. The second kappa shape index (κ2) is 9.16. The molecule has 0 heterocycles.